The van der Waals surface area contributed by atoms with Gasteiger partial charge in [-0.2, -0.15) is 0 Å². The van der Waals surface area contributed by atoms with Gasteiger partial charge in [-0.05, 0) is 36.2 Å². The Morgan fingerprint density at radius 2 is 2.19 bits per heavy atom. The standard InChI is InChI=1S/C21H23N7O6S2/c22-21-24-12(8-36-21)13(26-34)16(29)25-14-18(31)28-15(20(32)33)10(7-35-19(14)28)5-9-2-4-27(17(9)30)11-1-3-23-6-11/h5,8,11,13-14,19,23H,1-4,6-7H2,(H2,22,24)(H,25,29)(H,32,33)/t11-,13?,14?,19?/m1/s1. The maximum absolute atomic E-state index is 12.9. The van der Waals surface area contributed by atoms with Crippen LogP contribution in [-0.2, 0) is 19.2 Å². The van der Waals surface area contributed by atoms with Crippen LogP contribution in [0, 0.1) is 4.91 Å². The van der Waals surface area contributed by atoms with Gasteiger partial charge < -0.3 is 26.4 Å². The van der Waals surface area contributed by atoms with Crippen molar-refractivity contribution in [2.24, 2.45) is 5.18 Å². The summed E-state index contributed by atoms with van der Waals surface area (Å²) in [6, 6.07) is -2.37. The number of carboxylic acid groups (broad SMARTS) is 1. The highest BCUT2D eigenvalue weighted by atomic mass is 32.2. The summed E-state index contributed by atoms with van der Waals surface area (Å²) >= 11 is 2.32. The summed E-state index contributed by atoms with van der Waals surface area (Å²) in [5.41, 5.74) is 6.33. The zero-order valence-corrected chi connectivity index (χ0v) is 20.5. The summed E-state index contributed by atoms with van der Waals surface area (Å²) < 4.78 is 0. The number of hydrogen-bond acceptors (Lipinski definition) is 11. The summed E-state index contributed by atoms with van der Waals surface area (Å²) in [6.07, 6.45) is 2.98. The van der Waals surface area contributed by atoms with Crippen LogP contribution in [0.4, 0.5) is 5.13 Å². The zero-order valence-electron chi connectivity index (χ0n) is 18.9. The molecule has 0 spiro atoms. The van der Waals surface area contributed by atoms with Crippen LogP contribution in [0.15, 0.2) is 33.5 Å². The van der Waals surface area contributed by atoms with E-state index in [1.807, 2.05) is 4.90 Å². The van der Waals surface area contributed by atoms with Crippen molar-refractivity contribution < 1.29 is 24.3 Å². The predicted molar refractivity (Wildman–Crippen MR) is 130 cm³/mol. The first kappa shape index (κ1) is 24.4. The van der Waals surface area contributed by atoms with Gasteiger partial charge in [-0.15, -0.1) is 28.0 Å². The third-order valence-electron chi connectivity index (χ3n) is 6.65. The molecule has 13 nitrogen and oxygen atoms in total. The summed E-state index contributed by atoms with van der Waals surface area (Å²) in [4.78, 5) is 68.8. The van der Waals surface area contributed by atoms with Crippen LogP contribution in [0.3, 0.4) is 0 Å². The normalized spacial score (nSPS) is 27.8. The van der Waals surface area contributed by atoms with E-state index in [1.165, 1.54) is 17.1 Å². The fourth-order valence-corrected chi connectivity index (χ4v) is 6.77. The Bertz CT molecular complexity index is 1210. The topological polar surface area (TPSA) is 187 Å². The lowest BCUT2D eigenvalue weighted by Crippen LogP contribution is -2.70. The Morgan fingerprint density at radius 3 is 2.83 bits per heavy atom. The molecular formula is C21H23N7O6S2. The minimum Gasteiger partial charge on any atom is -0.477 e. The van der Waals surface area contributed by atoms with Crippen molar-refractivity contribution in [1.82, 2.24) is 25.4 Å². The zero-order chi connectivity index (χ0) is 25.6. The number of amides is 3. The molecule has 4 aliphatic heterocycles. The summed E-state index contributed by atoms with van der Waals surface area (Å²) in [5, 5.41) is 19.4. The van der Waals surface area contributed by atoms with Crippen molar-refractivity contribution in [2.45, 2.75) is 36.3 Å². The molecule has 190 valence electrons. The molecule has 3 saturated heterocycles. The number of fused-ring (bicyclic) bond motifs is 1. The van der Waals surface area contributed by atoms with Gasteiger partial charge in [0.1, 0.15) is 17.1 Å². The molecule has 4 aliphatic rings. The molecule has 4 atom stereocenters. The molecule has 1 aromatic rings. The number of anilines is 1. The fraction of sp³-hybridized carbons (Fsp3) is 0.476. The third-order valence-corrected chi connectivity index (χ3v) is 8.65. The van der Waals surface area contributed by atoms with E-state index in [9.17, 15) is 29.2 Å². The number of aromatic nitrogens is 1. The molecule has 0 aromatic carbocycles. The van der Waals surface area contributed by atoms with Gasteiger partial charge in [0.2, 0.25) is 11.9 Å². The number of thioether (sulfide) groups is 1. The average molecular weight is 534 g/mol. The van der Waals surface area contributed by atoms with E-state index in [0.717, 1.165) is 35.7 Å². The molecular weight excluding hydrogens is 510 g/mol. The Labute approximate surface area is 213 Å². The van der Waals surface area contributed by atoms with Gasteiger partial charge in [-0.1, -0.05) is 0 Å². The van der Waals surface area contributed by atoms with E-state index in [1.54, 1.807) is 6.08 Å². The van der Waals surface area contributed by atoms with E-state index >= 15 is 0 Å². The van der Waals surface area contributed by atoms with Crippen molar-refractivity contribution in [2.75, 3.05) is 31.1 Å². The van der Waals surface area contributed by atoms with Crippen molar-refractivity contribution in [3.63, 3.8) is 0 Å². The van der Waals surface area contributed by atoms with Crippen molar-refractivity contribution in [3.8, 4) is 0 Å². The molecule has 0 aliphatic carbocycles. The maximum atomic E-state index is 12.9. The lowest BCUT2D eigenvalue weighted by atomic mass is 10.0. The smallest absolute Gasteiger partial charge is 0.352 e. The van der Waals surface area contributed by atoms with Crippen molar-refractivity contribution >= 4 is 51.9 Å². The number of nitrogens with one attached hydrogen (secondary N) is 2. The fourth-order valence-electron chi connectivity index (χ4n) is 4.88. The Kier molecular flexibility index (Phi) is 6.53. The minimum atomic E-state index is -1.48. The van der Waals surface area contributed by atoms with Crippen molar-refractivity contribution in [3.05, 3.63) is 38.9 Å². The summed E-state index contributed by atoms with van der Waals surface area (Å²) in [6.45, 7) is 2.18. The van der Waals surface area contributed by atoms with E-state index in [4.69, 9.17) is 5.73 Å². The molecule has 36 heavy (non-hydrogen) atoms. The Hall–Kier alpha value is -3.30. The van der Waals surface area contributed by atoms with E-state index in [2.05, 4.69) is 20.8 Å². The molecule has 0 bridgehead atoms. The van der Waals surface area contributed by atoms with E-state index in [0.29, 0.717) is 24.1 Å². The SMILES string of the molecule is Nc1nc(C(N=O)C(=O)NC2C(=O)N3C(C(=O)O)=C(C=C4CCN([C@@H]5CCNC5)C4=O)CSC23)cs1. The number of allylic oxidation sites excluding steroid dienone is 1. The molecule has 1 aromatic heterocycles. The third kappa shape index (κ3) is 4.16. The lowest BCUT2D eigenvalue weighted by Gasteiger charge is -2.49. The number of carbonyl (C=O) groups is 4. The molecule has 3 amide bonds. The second kappa shape index (κ2) is 9.63. The lowest BCUT2D eigenvalue weighted by molar-refractivity contribution is -0.150. The number of aliphatic carboxylic acids is 1. The minimum absolute atomic E-state index is 0.0774. The largest absolute Gasteiger partial charge is 0.477 e. The Balaban J connectivity index is 1.33. The number of nitroso groups, excluding NO2 is 1. The van der Waals surface area contributed by atoms with Crippen LogP contribution in [-0.4, -0.2) is 86.4 Å². The highest BCUT2D eigenvalue weighted by molar-refractivity contribution is 8.00. The van der Waals surface area contributed by atoms with Gasteiger partial charge in [0, 0.05) is 35.8 Å². The van der Waals surface area contributed by atoms with Crippen LogP contribution in [0.2, 0.25) is 0 Å². The van der Waals surface area contributed by atoms with Crippen LogP contribution >= 0.6 is 23.1 Å². The number of likely N-dealkylation sites (tertiary alicyclic amines) is 1. The van der Waals surface area contributed by atoms with Gasteiger partial charge in [0.25, 0.3) is 11.8 Å². The number of β-lactam (4-membered cyclic amide) rings is 1. The van der Waals surface area contributed by atoms with Gasteiger partial charge in [0.15, 0.2) is 5.13 Å². The quantitative estimate of drug-likeness (QED) is 0.207. The molecule has 0 saturated carbocycles. The van der Waals surface area contributed by atoms with Crippen molar-refractivity contribution in [1.29, 1.82) is 0 Å². The van der Waals surface area contributed by atoms with Gasteiger partial charge in [-0.3, -0.25) is 19.3 Å². The summed E-state index contributed by atoms with van der Waals surface area (Å²) in [7, 11) is 0. The average Bonchev–Trinajstić information content (AvgIpc) is 3.60. The first-order valence-corrected chi connectivity index (χ1v) is 13.2. The number of nitrogens with two attached hydrogens (primary N) is 1. The number of nitrogens with zero attached hydrogens (tertiary/aromatic N) is 4. The first-order valence-electron chi connectivity index (χ1n) is 11.3. The number of thiazole rings is 1. The number of carboxylic acids is 1. The molecule has 5 N–H and O–H groups in total. The van der Waals surface area contributed by atoms with Crippen LogP contribution < -0.4 is 16.4 Å². The van der Waals surface area contributed by atoms with Gasteiger partial charge in [-0.25, -0.2) is 9.78 Å². The number of carbonyl (C=O) groups excluding carboxylic acids is 3. The second-order valence-electron chi connectivity index (χ2n) is 8.76. The van der Waals surface area contributed by atoms with Gasteiger partial charge in [0.05, 0.1) is 5.69 Å². The highest BCUT2D eigenvalue weighted by Crippen LogP contribution is 2.41. The molecule has 15 heteroatoms. The molecule has 0 radical (unpaired) electrons. The first-order chi connectivity index (χ1) is 17.3. The van der Waals surface area contributed by atoms with Crippen LogP contribution in [0.25, 0.3) is 0 Å². The molecule has 5 heterocycles. The maximum Gasteiger partial charge on any atom is 0.352 e. The highest BCUT2D eigenvalue weighted by Gasteiger charge is 2.54. The number of nitrogen functional groups attached to an aromatic ring is 1. The predicted octanol–water partition coefficient (Wildman–Crippen LogP) is -0.208. The van der Waals surface area contributed by atoms with E-state index < -0.39 is 35.2 Å². The number of rotatable bonds is 7. The van der Waals surface area contributed by atoms with Crippen LogP contribution in [0.1, 0.15) is 24.6 Å². The van der Waals surface area contributed by atoms with E-state index in [-0.39, 0.29) is 34.2 Å². The summed E-state index contributed by atoms with van der Waals surface area (Å²) in [5.74, 6) is -2.60. The monoisotopic (exact) mass is 533 g/mol. The number of hydrogen-bond donors (Lipinski definition) is 4. The molecule has 5 rings (SSSR count). The second-order valence-corrected chi connectivity index (χ2v) is 10.8. The molecule has 3 unspecified atom stereocenters. The Morgan fingerprint density at radius 1 is 1.39 bits per heavy atom. The van der Waals surface area contributed by atoms with Gasteiger partial charge >= 0.3 is 5.97 Å². The molecule has 3 fully saturated rings. The van der Waals surface area contributed by atoms with Crippen LogP contribution in [0.5, 0.6) is 0 Å².